The van der Waals surface area contributed by atoms with Gasteiger partial charge in [-0.2, -0.15) is 0 Å². The molecule has 0 atom stereocenters. The van der Waals surface area contributed by atoms with Crippen molar-refractivity contribution < 1.29 is 9.18 Å². The van der Waals surface area contributed by atoms with E-state index in [0.717, 1.165) is 10.6 Å². The molecule has 0 spiro atoms. The summed E-state index contributed by atoms with van der Waals surface area (Å²) >= 11 is 7.03. The Balaban J connectivity index is 1.59. The van der Waals surface area contributed by atoms with Crippen molar-refractivity contribution in [2.45, 2.75) is 6.42 Å². The normalized spacial score (nSPS) is 11.0. The predicted octanol–water partition coefficient (Wildman–Crippen LogP) is 4.57. The van der Waals surface area contributed by atoms with E-state index in [2.05, 4.69) is 15.5 Å². The van der Waals surface area contributed by atoms with Crippen LogP contribution < -0.4 is 5.32 Å². The summed E-state index contributed by atoms with van der Waals surface area (Å²) in [5.41, 5.74) is 1.76. The lowest BCUT2D eigenvalue weighted by atomic mass is 10.2. The number of nitrogens with zero attached hydrogens (tertiary/aromatic N) is 2. The average Bonchev–Trinajstić information content (AvgIpc) is 3.03. The molecule has 0 unspecified atom stereocenters. The van der Waals surface area contributed by atoms with Gasteiger partial charge in [-0.1, -0.05) is 59.3 Å². The van der Waals surface area contributed by atoms with Crippen LogP contribution in [0.3, 0.4) is 0 Å². The third kappa shape index (κ3) is 4.95. The molecule has 1 aromatic heterocycles. The van der Waals surface area contributed by atoms with Crippen molar-refractivity contribution >= 4 is 40.1 Å². The molecule has 7 heteroatoms. The molecule has 1 N–H and O–H groups in total. The first-order valence-corrected chi connectivity index (χ1v) is 8.60. The first kappa shape index (κ1) is 17.3. The van der Waals surface area contributed by atoms with Crippen LogP contribution in [0.15, 0.2) is 54.6 Å². The molecule has 0 bridgehead atoms. The Morgan fingerprint density at radius 3 is 2.76 bits per heavy atom. The zero-order chi connectivity index (χ0) is 17.6. The number of aromatic nitrogens is 2. The number of amides is 1. The number of carbonyl (C=O) groups excluding carboxylic acids is 1. The smallest absolute Gasteiger partial charge is 0.250 e. The van der Waals surface area contributed by atoms with Crippen molar-refractivity contribution in [3.05, 3.63) is 81.6 Å². The first-order valence-electron chi connectivity index (χ1n) is 7.40. The van der Waals surface area contributed by atoms with Crippen LogP contribution in [-0.2, 0) is 11.2 Å². The van der Waals surface area contributed by atoms with Gasteiger partial charge in [-0.25, -0.2) is 4.39 Å². The molecule has 0 aliphatic heterocycles. The van der Waals surface area contributed by atoms with Gasteiger partial charge in [0, 0.05) is 12.5 Å². The summed E-state index contributed by atoms with van der Waals surface area (Å²) < 4.78 is 13.1. The van der Waals surface area contributed by atoms with Gasteiger partial charge in [0.15, 0.2) is 0 Å². The summed E-state index contributed by atoms with van der Waals surface area (Å²) in [4.78, 5) is 11.9. The minimum atomic E-state index is -0.497. The van der Waals surface area contributed by atoms with E-state index in [1.165, 1.54) is 35.6 Å². The lowest BCUT2D eigenvalue weighted by molar-refractivity contribution is -0.111. The molecule has 3 rings (SSSR count). The van der Waals surface area contributed by atoms with E-state index in [1.54, 1.807) is 6.08 Å². The molecule has 2 aromatic carbocycles. The number of carbonyl (C=O) groups is 1. The van der Waals surface area contributed by atoms with Gasteiger partial charge in [-0.15, -0.1) is 10.2 Å². The molecular weight excluding hydrogens is 361 g/mol. The lowest BCUT2D eigenvalue weighted by Gasteiger charge is -1.97. The maximum atomic E-state index is 13.1. The fourth-order valence-corrected chi connectivity index (χ4v) is 3.05. The molecule has 1 heterocycles. The third-order valence-electron chi connectivity index (χ3n) is 3.27. The van der Waals surface area contributed by atoms with Gasteiger partial charge >= 0.3 is 0 Å². The van der Waals surface area contributed by atoms with E-state index < -0.39 is 5.82 Å². The number of halogens is 2. The van der Waals surface area contributed by atoms with E-state index in [9.17, 15) is 9.18 Å². The second-order valence-electron chi connectivity index (χ2n) is 5.16. The third-order valence-corrected chi connectivity index (χ3v) is 4.39. The Kier molecular flexibility index (Phi) is 5.53. The summed E-state index contributed by atoms with van der Waals surface area (Å²) in [7, 11) is 0. The Hall–Kier alpha value is -2.57. The number of nitrogens with one attached hydrogen (secondary N) is 1. The van der Waals surface area contributed by atoms with Crippen LogP contribution in [0.2, 0.25) is 5.02 Å². The molecule has 1 amide bonds. The SMILES string of the molecule is O=C(/C=C/c1ccc(F)c(Cl)c1)Nc1nnc(Cc2ccccc2)s1. The highest BCUT2D eigenvalue weighted by molar-refractivity contribution is 7.15. The molecule has 0 saturated heterocycles. The quantitative estimate of drug-likeness (QED) is 0.666. The van der Waals surface area contributed by atoms with Crippen molar-refractivity contribution in [3.8, 4) is 0 Å². The van der Waals surface area contributed by atoms with Crippen LogP contribution in [0, 0.1) is 5.82 Å². The number of hydrogen-bond acceptors (Lipinski definition) is 4. The molecule has 0 aliphatic rings. The Morgan fingerprint density at radius 2 is 2.00 bits per heavy atom. The second-order valence-corrected chi connectivity index (χ2v) is 6.63. The largest absolute Gasteiger partial charge is 0.297 e. The van der Waals surface area contributed by atoms with Crippen molar-refractivity contribution in [3.63, 3.8) is 0 Å². The standard InChI is InChI=1S/C18H13ClFN3OS/c19-14-10-13(6-8-15(14)20)7-9-16(24)21-18-23-22-17(25-18)11-12-4-2-1-3-5-12/h1-10H,11H2,(H,21,23,24)/b9-7+. The second kappa shape index (κ2) is 8.00. The van der Waals surface area contributed by atoms with Gasteiger partial charge in [0.2, 0.25) is 11.0 Å². The van der Waals surface area contributed by atoms with Crippen LogP contribution in [-0.4, -0.2) is 16.1 Å². The van der Waals surface area contributed by atoms with E-state index in [0.29, 0.717) is 17.1 Å². The number of benzene rings is 2. The van der Waals surface area contributed by atoms with Crippen molar-refractivity contribution in [1.82, 2.24) is 10.2 Å². The van der Waals surface area contributed by atoms with Crippen LogP contribution in [0.1, 0.15) is 16.1 Å². The van der Waals surface area contributed by atoms with Crippen molar-refractivity contribution in [1.29, 1.82) is 0 Å². The molecule has 0 saturated carbocycles. The molecular formula is C18H13ClFN3OS. The Labute approximate surface area is 153 Å². The summed E-state index contributed by atoms with van der Waals surface area (Å²) in [6.45, 7) is 0. The minimum Gasteiger partial charge on any atom is -0.297 e. The molecule has 0 fully saturated rings. The van der Waals surface area contributed by atoms with Crippen LogP contribution in [0.4, 0.5) is 9.52 Å². The van der Waals surface area contributed by atoms with E-state index in [1.807, 2.05) is 30.3 Å². The highest BCUT2D eigenvalue weighted by Crippen LogP contribution is 2.19. The number of rotatable bonds is 5. The molecule has 3 aromatic rings. The Morgan fingerprint density at radius 1 is 1.20 bits per heavy atom. The van der Waals surface area contributed by atoms with Gasteiger partial charge in [0.25, 0.3) is 0 Å². The average molecular weight is 374 g/mol. The Bertz CT molecular complexity index is 912. The predicted molar refractivity (Wildman–Crippen MR) is 98.2 cm³/mol. The summed E-state index contributed by atoms with van der Waals surface area (Å²) in [6, 6.07) is 14.1. The minimum absolute atomic E-state index is 0.0113. The first-order chi connectivity index (χ1) is 12.1. The molecule has 0 aliphatic carbocycles. The zero-order valence-corrected chi connectivity index (χ0v) is 14.5. The number of anilines is 1. The highest BCUT2D eigenvalue weighted by atomic mass is 35.5. The summed E-state index contributed by atoms with van der Waals surface area (Å²) in [5, 5.41) is 12.0. The number of hydrogen-bond donors (Lipinski definition) is 1. The maximum absolute atomic E-state index is 13.1. The maximum Gasteiger partial charge on any atom is 0.250 e. The fraction of sp³-hybridized carbons (Fsp3) is 0.0556. The summed E-state index contributed by atoms with van der Waals surface area (Å²) in [5.74, 6) is -0.842. The molecule has 0 radical (unpaired) electrons. The summed E-state index contributed by atoms with van der Waals surface area (Å²) in [6.07, 6.45) is 3.55. The highest BCUT2D eigenvalue weighted by Gasteiger charge is 2.07. The van der Waals surface area contributed by atoms with E-state index in [4.69, 9.17) is 11.6 Å². The fourth-order valence-electron chi connectivity index (χ4n) is 2.08. The van der Waals surface area contributed by atoms with Crippen molar-refractivity contribution in [2.24, 2.45) is 0 Å². The topological polar surface area (TPSA) is 54.9 Å². The monoisotopic (exact) mass is 373 g/mol. The zero-order valence-electron chi connectivity index (χ0n) is 12.9. The van der Waals surface area contributed by atoms with E-state index in [-0.39, 0.29) is 10.9 Å². The molecule has 25 heavy (non-hydrogen) atoms. The van der Waals surface area contributed by atoms with Gasteiger partial charge in [-0.05, 0) is 29.3 Å². The molecule has 4 nitrogen and oxygen atoms in total. The van der Waals surface area contributed by atoms with E-state index >= 15 is 0 Å². The van der Waals surface area contributed by atoms with Gasteiger partial charge in [-0.3, -0.25) is 10.1 Å². The van der Waals surface area contributed by atoms with Crippen LogP contribution >= 0.6 is 22.9 Å². The van der Waals surface area contributed by atoms with Crippen LogP contribution in [0.5, 0.6) is 0 Å². The van der Waals surface area contributed by atoms with Gasteiger partial charge in [0.1, 0.15) is 10.8 Å². The van der Waals surface area contributed by atoms with Crippen molar-refractivity contribution in [2.75, 3.05) is 5.32 Å². The molecule has 126 valence electrons. The van der Waals surface area contributed by atoms with Crippen LogP contribution in [0.25, 0.3) is 6.08 Å². The van der Waals surface area contributed by atoms with Gasteiger partial charge in [0.05, 0.1) is 5.02 Å². The lowest BCUT2D eigenvalue weighted by Crippen LogP contribution is -2.07. The van der Waals surface area contributed by atoms with Gasteiger partial charge < -0.3 is 0 Å².